The van der Waals surface area contributed by atoms with Gasteiger partial charge in [0.2, 0.25) is 0 Å². The minimum Gasteiger partial charge on any atom is -0.507 e. The van der Waals surface area contributed by atoms with Crippen molar-refractivity contribution >= 4 is 11.8 Å². The van der Waals surface area contributed by atoms with Crippen LogP contribution >= 0.6 is 11.8 Å². The molecule has 0 atom stereocenters. The molecule has 1 nitrogen and oxygen atoms in total. The second-order valence-electron chi connectivity index (χ2n) is 7.81. The molecular weight excluding hydrogens is 300 g/mol. The van der Waals surface area contributed by atoms with Gasteiger partial charge in [0.25, 0.3) is 0 Å². The van der Waals surface area contributed by atoms with Gasteiger partial charge in [-0.25, -0.2) is 0 Å². The first-order valence-corrected chi connectivity index (χ1v) is 10.0. The third-order valence-electron chi connectivity index (χ3n) is 4.77. The first kappa shape index (κ1) is 18.4. The standard InChI is InChI=1S/C21H32OS/c1-5-10-16-13-18(21(2,3)4)14-17(20(16)22)15-23-19-11-8-6-7-9-12-19/h5,13-14,19,22H,1,6-12,15H2,2-4H3. The van der Waals surface area contributed by atoms with E-state index in [1.807, 2.05) is 17.8 Å². The van der Waals surface area contributed by atoms with Gasteiger partial charge in [-0.15, -0.1) is 6.58 Å². The van der Waals surface area contributed by atoms with Crippen LogP contribution in [0.1, 0.15) is 76.0 Å². The van der Waals surface area contributed by atoms with Crippen molar-refractivity contribution in [3.63, 3.8) is 0 Å². The predicted octanol–water partition coefficient (Wildman–Crippen LogP) is 6.37. The van der Waals surface area contributed by atoms with E-state index in [0.717, 1.165) is 28.6 Å². The minimum atomic E-state index is 0.103. The van der Waals surface area contributed by atoms with Crippen LogP contribution in [0.4, 0.5) is 0 Å². The molecule has 0 saturated heterocycles. The molecule has 0 heterocycles. The number of hydrogen-bond acceptors (Lipinski definition) is 2. The van der Waals surface area contributed by atoms with Crippen molar-refractivity contribution in [2.45, 2.75) is 82.1 Å². The maximum absolute atomic E-state index is 10.6. The van der Waals surface area contributed by atoms with E-state index in [1.165, 1.54) is 44.1 Å². The molecule has 1 N–H and O–H groups in total. The monoisotopic (exact) mass is 332 g/mol. The number of benzene rings is 1. The molecule has 1 aromatic rings. The van der Waals surface area contributed by atoms with Crippen LogP contribution in [0.15, 0.2) is 24.8 Å². The first-order chi connectivity index (χ1) is 10.9. The molecule has 0 unspecified atom stereocenters. The normalized spacial score (nSPS) is 17.0. The molecule has 1 aliphatic carbocycles. The van der Waals surface area contributed by atoms with Crippen LogP contribution in [0.5, 0.6) is 5.75 Å². The van der Waals surface area contributed by atoms with E-state index in [-0.39, 0.29) is 5.41 Å². The largest absolute Gasteiger partial charge is 0.507 e. The summed E-state index contributed by atoms with van der Waals surface area (Å²) in [5.74, 6) is 1.41. The van der Waals surface area contributed by atoms with E-state index >= 15 is 0 Å². The fourth-order valence-corrected chi connectivity index (χ4v) is 4.53. The summed E-state index contributed by atoms with van der Waals surface area (Å²) in [5, 5.41) is 11.4. The third-order valence-corrected chi connectivity index (χ3v) is 6.20. The van der Waals surface area contributed by atoms with Crippen LogP contribution in [0.25, 0.3) is 0 Å². The Morgan fingerprint density at radius 3 is 2.30 bits per heavy atom. The van der Waals surface area contributed by atoms with Gasteiger partial charge in [-0.3, -0.25) is 0 Å². The molecule has 0 aliphatic heterocycles. The molecular formula is C21H32OS. The van der Waals surface area contributed by atoms with Crippen LogP contribution < -0.4 is 0 Å². The highest BCUT2D eigenvalue weighted by molar-refractivity contribution is 7.99. The van der Waals surface area contributed by atoms with E-state index in [9.17, 15) is 5.11 Å². The second-order valence-corrected chi connectivity index (χ2v) is 9.10. The molecule has 0 bridgehead atoms. The molecule has 23 heavy (non-hydrogen) atoms. The highest BCUT2D eigenvalue weighted by atomic mass is 32.2. The Hall–Kier alpha value is -0.890. The molecule has 2 rings (SSSR count). The number of phenols is 1. The Bertz CT molecular complexity index is 519. The summed E-state index contributed by atoms with van der Waals surface area (Å²) in [6, 6.07) is 4.36. The number of thioether (sulfide) groups is 1. The topological polar surface area (TPSA) is 20.2 Å². The van der Waals surface area contributed by atoms with Crippen molar-refractivity contribution in [2.75, 3.05) is 0 Å². The summed E-state index contributed by atoms with van der Waals surface area (Å²) in [5.41, 5.74) is 3.53. The molecule has 0 radical (unpaired) electrons. The van der Waals surface area contributed by atoms with E-state index in [4.69, 9.17) is 0 Å². The van der Waals surface area contributed by atoms with Crippen LogP contribution in [0.2, 0.25) is 0 Å². The molecule has 0 spiro atoms. The lowest BCUT2D eigenvalue weighted by atomic mass is 9.84. The zero-order valence-electron chi connectivity index (χ0n) is 15.0. The van der Waals surface area contributed by atoms with Gasteiger partial charge >= 0.3 is 0 Å². The highest BCUT2D eigenvalue weighted by Gasteiger charge is 2.19. The van der Waals surface area contributed by atoms with Gasteiger partial charge in [0.15, 0.2) is 0 Å². The summed E-state index contributed by atoms with van der Waals surface area (Å²) in [6.07, 6.45) is 10.8. The molecule has 1 fully saturated rings. The zero-order chi connectivity index (χ0) is 16.9. The SMILES string of the molecule is C=CCc1cc(C(C)(C)C)cc(CSC2CCCCCC2)c1O. The molecule has 0 amide bonds. The fourth-order valence-electron chi connectivity index (χ4n) is 3.23. The Labute approximate surface area is 146 Å². The van der Waals surface area contributed by atoms with E-state index in [1.54, 1.807) is 0 Å². The van der Waals surface area contributed by atoms with E-state index in [2.05, 4.69) is 39.5 Å². The number of phenolic OH excluding ortho intramolecular Hbond substituents is 1. The third kappa shape index (κ3) is 5.31. The Kier molecular flexibility index (Phi) is 6.64. The average Bonchev–Trinajstić information content (AvgIpc) is 2.76. The molecule has 1 aliphatic rings. The van der Waals surface area contributed by atoms with Gasteiger partial charge in [-0.05, 0) is 35.8 Å². The smallest absolute Gasteiger partial charge is 0.123 e. The Balaban J connectivity index is 2.18. The number of allylic oxidation sites excluding steroid dienone is 1. The maximum Gasteiger partial charge on any atom is 0.123 e. The predicted molar refractivity (Wildman–Crippen MR) is 103 cm³/mol. The summed E-state index contributed by atoms with van der Waals surface area (Å²) < 4.78 is 0. The van der Waals surface area contributed by atoms with Crippen LogP contribution in [0, 0.1) is 0 Å². The zero-order valence-corrected chi connectivity index (χ0v) is 15.8. The van der Waals surface area contributed by atoms with Crippen molar-refractivity contribution in [3.8, 4) is 5.75 Å². The summed E-state index contributed by atoms with van der Waals surface area (Å²) >= 11 is 2.04. The summed E-state index contributed by atoms with van der Waals surface area (Å²) in [7, 11) is 0. The van der Waals surface area contributed by atoms with Crippen molar-refractivity contribution in [1.82, 2.24) is 0 Å². The molecule has 0 aromatic heterocycles. The number of rotatable bonds is 5. The summed E-state index contributed by atoms with van der Waals surface area (Å²) in [6.45, 7) is 10.5. The quantitative estimate of drug-likeness (QED) is 0.499. The van der Waals surface area contributed by atoms with Crippen LogP contribution in [-0.4, -0.2) is 10.4 Å². The average molecular weight is 333 g/mol. The lowest BCUT2D eigenvalue weighted by Crippen LogP contribution is -2.12. The summed E-state index contributed by atoms with van der Waals surface area (Å²) in [4.78, 5) is 0. The van der Waals surface area contributed by atoms with Gasteiger partial charge in [0.05, 0.1) is 0 Å². The molecule has 2 heteroatoms. The molecule has 128 valence electrons. The van der Waals surface area contributed by atoms with Gasteiger partial charge < -0.3 is 5.11 Å². The second kappa shape index (κ2) is 8.28. The van der Waals surface area contributed by atoms with Gasteiger partial charge in [0.1, 0.15) is 5.75 Å². The highest BCUT2D eigenvalue weighted by Crippen LogP contribution is 2.36. The van der Waals surface area contributed by atoms with Crippen molar-refractivity contribution < 1.29 is 5.11 Å². The molecule has 1 saturated carbocycles. The van der Waals surface area contributed by atoms with E-state index < -0.39 is 0 Å². The molecule has 1 aromatic carbocycles. The van der Waals surface area contributed by atoms with E-state index in [0.29, 0.717) is 5.75 Å². The maximum atomic E-state index is 10.6. The van der Waals surface area contributed by atoms with Crippen molar-refractivity contribution in [1.29, 1.82) is 0 Å². The van der Waals surface area contributed by atoms with Crippen LogP contribution in [-0.2, 0) is 17.6 Å². The van der Waals surface area contributed by atoms with Gasteiger partial charge in [-0.2, -0.15) is 11.8 Å². The lowest BCUT2D eigenvalue weighted by Gasteiger charge is -2.23. The van der Waals surface area contributed by atoms with Crippen molar-refractivity contribution in [3.05, 3.63) is 41.5 Å². The fraction of sp³-hybridized carbons (Fsp3) is 0.619. The van der Waals surface area contributed by atoms with Crippen molar-refractivity contribution in [2.24, 2.45) is 0 Å². The van der Waals surface area contributed by atoms with Gasteiger partial charge in [0, 0.05) is 16.6 Å². The number of hydrogen-bond donors (Lipinski definition) is 1. The minimum absolute atomic E-state index is 0.103. The number of aromatic hydroxyl groups is 1. The van der Waals surface area contributed by atoms with Crippen LogP contribution in [0.3, 0.4) is 0 Å². The Morgan fingerprint density at radius 1 is 1.13 bits per heavy atom. The lowest BCUT2D eigenvalue weighted by molar-refractivity contribution is 0.463. The Morgan fingerprint density at radius 2 is 1.74 bits per heavy atom. The first-order valence-electron chi connectivity index (χ1n) is 8.99. The van der Waals surface area contributed by atoms with Gasteiger partial charge in [-0.1, -0.05) is 64.7 Å².